The highest BCUT2D eigenvalue weighted by molar-refractivity contribution is 7.98. The molecule has 33 heavy (non-hydrogen) atoms. The van der Waals surface area contributed by atoms with Gasteiger partial charge in [0.1, 0.15) is 11.5 Å². The molecule has 3 heterocycles. The molecule has 1 amide bonds. The number of halogens is 1. The summed E-state index contributed by atoms with van der Waals surface area (Å²) in [4.78, 5) is 31.1. The maximum Gasteiger partial charge on any atom is 0.409 e. The summed E-state index contributed by atoms with van der Waals surface area (Å²) in [6.45, 7) is 1.18. The summed E-state index contributed by atoms with van der Waals surface area (Å²) in [6.07, 6.45) is 3.55. The van der Waals surface area contributed by atoms with Gasteiger partial charge in [0.15, 0.2) is 0 Å². The van der Waals surface area contributed by atoms with E-state index in [2.05, 4.69) is 4.74 Å². The van der Waals surface area contributed by atoms with Crippen LogP contribution < -0.4 is 0 Å². The summed E-state index contributed by atoms with van der Waals surface area (Å²) >= 11 is 1.59. The molecule has 174 valence electrons. The Balaban J connectivity index is 1.76. The maximum absolute atomic E-state index is 15.1. The van der Waals surface area contributed by atoms with E-state index in [-0.39, 0.29) is 17.2 Å². The smallest absolute Gasteiger partial charge is 0.409 e. The second-order valence-electron chi connectivity index (χ2n) is 7.50. The molecule has 1 aromatic carbocycles. The lowest BCUT2D eigenvalue weighted by Crippen LogP contribution is -2.46. The number of aromatic nitrogens is 2. The number of hydrogen-bond acceptors (Lipinski definition) is 7. The number of thioether (sulfide) groups is 1. The molecule has 0 aliphatic carbocycles. The van der Waals surface area contributed by atoms with Crippen molar-refractivity contribution >= 4 is 29.5 Å². The summed E-state index contributed by atoms with van der Waals surface area (Å²) in [6, 6.07) is 8.09. The molecular formula is C23H24FN3O5S. The highest BCUT2D eigenvalue weighted by Gasteiger charge is 2.28. The van der Waals surface area contributed by atoms with E-state index in [9.17, 15) is 9.59 Å². The van der Waals surface area contributed by atoms with Gasteiger partial charge in [0.25, 0.3) is 0 Å². The van der Waals surface area contributed by atoms with E-state index in [1.165, 1.54) is 26.4 Å². The highest BCUT2D eigenvalue weighted by Crippen LogP contribution is 2.31. The first kappa shape index (κ1) is 23.1. The number of fused-ring (bicyclic) bond motifs is 1. The van der Waals surface area contributed by atoms with Crippen LogP contribution in [0.2, 0.25) is 0 Å². The number of carbonyl (C=O) groups excluding carboxylic acids is 2. The first-order valence-corrected chi connectivity index (χ1v) is 11.5. The topological polar surface area (TPSA) is 82.4 Å². The molecule has 0 radical (unpaired) electrons. The summed E-state index contributed by atoms with van der Waals surface area (Å²) in [7, 11) is 2.60. The van der Waals surface area contributed by atoms with Crippen molar-refractivity contribution in [3.63, 3.8) is 0 Å². The van der Waals surface area contributed by atoms with E-state index in [0.717, 1.165) is 16.7 Å². The van der Waals surface area contributed by atoms with Crippen LogP contribution in [-0.4, -0.2) is 72.6 Å². The van der Waals surface area contributed by atoms with E-state index in [0.29, 0.717) is 37.5 Å². The molecule has 1 saturated heterocycles. The molecule has 2 aromatic heterocycles. The third-order valence-corrected chi connectivity index (χ3v) is 6.30. The van der Waals surface area contributed by atoms with E-state index < -0.39 is 17.9 Å². The molecule has 0 saturated carbocycles. The average molecular weight is 474 g/mol. The Labute approximate surface area is 194 Å². The van der Waals surface area contributed by atoms with E-state index in [1.54, 1.807) is 16.7 Å². The summed E-state index contributed by atoms with van der Waals surface area (Å²) in [5.41, 5.74) is 2.27. The Morgan fingerprint density at radius 2 is 2.06 bits per heavy atom. The minimum atomic E-state index is -0.612. The fraction of sp³-hybridized carbons (Fsp3) is 0.348. The number of methoxy groups -OCH3 is 2. The standard InChI is InChI=1S/C23H24FN3O5S/c1-30-22(28)14-4-5-17(18(24)10-14)21-19(27-7-6-16(33-3)12-20(27)25-21)11-15-13-26(8-9-32-15)23(29)31-2/h4-7,10,12,15H,8-9,11,13H2,1-3H3/t15-/m0/s1. The Hall–Kier alpha value is -3.11. The monoisotopic (exact) mass is 473 g/mol. The van der Waals surface area contributed by atoms with E-state index >= 15 is 4.39 Å². The molecular weight excluding hydrogens is 449 g/mol. The molecule has 0 spiro atoms. The van der Waals surface area contributed by atoms with Crippen LogP contribution in [0.3, 0.4) is 0 Å². The highest BCUT2D eigenvalue weighted by atomic mass is 32.2. The first-order valence-electron chi connectivity index (χ1n) is 10.3. The van der Waals surface area contributed by atoms with Crippen LogP contribution in [0, 0.1) is 5.82 Å². The number of amides is 1. The molecule has 1 aliphatic heterocycles. The number of benzene rings is 1. The number of nitrogens with zero attached hydrogens (tertiary/aromatic N) is 3. The van der Waals surface area contributed by atoms with Crippen molar-refractivity contribution in [2.75, 3.05) is 40.2 Å². The van der Waals surface area contributed by atoms with Gasteiger partial charge in [0.2, 0.25) is 0 Å². The second-order valence-corrected chi connectivity index (χ2v) is 8.38. The lowest BCUT2D eigenvalue weighted by molar-refractivity contribution is -0.0241. The van der Waals surface area contributed by atoms with E-state index in [1.807, 2.05) is 29.0 Å². The quantitative estimate of drug-likeness (QED) is 0.413. The fourth-order valence-electron chi connectivity index (χ4n) is 3.92. The van der Waals surface area contributed by atoms with Gasteiger partial charge in [0.05, 0.1) is 50.4 Å². The lowest BCUT2D eigenvalue weighted by Gasteiger charge is -2.32. The predicted octanol–water partition coefficient (Wildman–Crippen LogP) is 3.66. The van der Waals surface area contributed by atoms with E-state index in [4.69, 9.17) is 14.5 Å². The van der Waals surface area contributed by atoms with Crippen molar-refractivity contribution in [3.05, 3.63) is 53.6 Å². The molecule has 10 heteroatoms. The minimum absolute atomic E-state index is 0.123. The van der Waals surface area contributed by atoms with Crippen molar-refractivity contribution in [1.29, 1.82) is 0 Å². The zero-order chi connectivity index (χ0) is 23.5. The van der Waals surface area contributed by atoms with Gasteiger partial charge in [-0.1, -0.05) is 0 Å². The lowest BCUT2D eigenvalue weighted by atomic mass is 10.0. The van der Waals surface area contributed by atoms with Crippen molar-refractivity contribution < 1.29 is 28.2 Å². The minimum Gasteiger partial charge on any atom is -0.465 e. The van der Waals surface area contributed by atoms with Gasteiger partial charge in [-0.3, -0.25) is 0 Å². The van der Waals surface area contributed by atoms with Gasteiger partial charge >= 0.3 is 12.1 Å². The van der Waals surface area contributed by atoms with Crippen LogP contribution in [0.1, 0.15) is 16.1 Å². The van der Waals surface area contributed by atoms with Crippen molar-refractivity contribution in [3.8, 4) is 11.3 Å². The van der Waals surface area contributed by atoms with Gasteiger partial charge < -0.3 is 23.5 Å². The van der Waals surface area contributed by atoms with Crippen molar-refractivity contribution in [2.24, 2.45) is 0 Å². The number of ether oxygens (including phenoxy) is 3. The Bertz CT molecular complexity index is 1200. The molecule has 0 unspecified atom stereocenters. The Morgan fingerprint density at radius 3 is 2.76 bits per heavy atom. The van der Waals surface area contributed by atoms with Crippen LogP contribution in [0.25, 0.3) is 16.9 Å². The SMILES string of the molecule is COC(=O)c1ccc(-c2nc3cc(SC)ccn3c2C[C@H]2CN(C(=O)OC)CCO2)c(F)c1. The third kappa shape index (κ3) is 4.67. The number of pyridine rings is 1. The van der Waals surface area contributed by atoms with Gasteiger partial charge in [-0.05, 0) is 36.6 Å². The summed E-state index contributed by atoms with van der Waals surface area (Å²) in [5, 5.41) is 0. The van der Waals surface area contributed by atoms with Crippen molar-refractivity contribution in [1.82, 2.24) is 14.3 Å². The summed E-state index contributed by atoms with van der Waals surface area (Å²) in [5.74, 6) is -1.19. The Morgan fingerprint density at radius 1 is 1.24 bits per heavy atom. The summed E-state index contributed by atoms with van der Waals surface area (Å²) < 4.78 is 32.5. The van der Waals surface area contributed by atoms with Crippen LogP contribution in [-0.2, 0) is 20.6 Å². The van der Waals surface area contributed by atoms with Crippen LogP contribution in [0.15, 0.2) is 41.4 Å². The molecule has 0 N–H and O–H groups in total. The largest absolute Gasteiger partial charge is 0.465 e. The van der Waals surface area contributed by atoms with Crippen LogP contribution in [0.5, 0.6) is 0 Å². The molecule has 1 atom stereocenters. The van der Waals surface area contributed by atoms with Gasteiger partial charge in [-0.25, -0.2) is 19.0 Å². The molecule has 1 aliphatic rings. The number of hydrogen-bond donors (Lipinski definition) is 0. The Kier molecular flexibility index (Phi) is 6.85. The molecule has 3 aromatic rings. The fourth-order valence-corrected chi connectivity index (χ4v) is 4.34. The van der Waals surface area contributed by atoms with Crippen LogP contribution in [0.4, 0.5) is 9.18 Å². The number of rotatable bonds is 5. The zero-order valence-electron chi connectivity index (χ0n) is 18.5. The molecule has 8 nitrogen and oxygen atoms in total. The van der Waals surface area contributed by atoms with Gasteiger partial charge in [-0.2, -0.15) is 0 Å². The number of morpholine rings is 1. The third-order valence-electron chi connectivity index (χ3n) is 5.57. The zero-order valence-corrected chi connectivity index (χ0v) is 19.4. The number of carbonyl (C=O) groups is 2. The molecule has 1 fully saturated rings. The van der Waals surface area contributed by atoms with Gasteiger partial charge in [0, 0.05) is 29.6 Å². The maximum atomic E-state index is 15.1. The molecule has 4 rings (SSSR count). The second kappa shape index (κ2) is 9.80. The first-order chi connectivity index (χ1) is 15.9. The van der Waals surface area contributed by atoms with Gasteiger partial charge in [-0.15, -0.1) is 11.8 Å². The van der Waals surface area contributed by atoms with Crippen molar-refractivity contribution in [2.45, 2.75) is 17.4 Å². The molecule has 0 bridgehead atoms. The number of esters is 1. The normalized spacial score (nSPS) is 16.1. The number of imidazole rings is 1. The van der Waals surface area contributed by atoms with Crippen LogP contribution >= 0.6 is 11.8 Å². The average Bonchev–Trinajstić information content (AvgIpc) is 3.19. The predicted molar refractivity (Wildman–Crippen MR) is 121 cm³/mol.